The maximum Gasteiger partial charge on any atom is 0.264 e. The molecular weight excluding hydrogens is 777 g/mol. The Kier molecular flexibility index (Phi) is 12.8. The van der Waals surface area contributed by atoms with Crippen molar-refractivity contribution in [3.8, 4) is 0 Å². The van der Waals surface area contributed by atoms with E-state index in [2.05, 4.69) is 15.2 Å². The maximum atomic E-state index is 12.9. The number of aromatic nitrogens is 1. The number of sulfone groups is 2. The van der Waals surface area contributed by atoms with Crippen molar-refractivity contribution in [2.24, 2.45) is 0 Å². The number of likely N-dealkylation sites (N-methyl/N-ethyl adjacent to an activating group) is 1. The number of anilines is 3. The lowest BCUT2D eigenvalue weighted by molar-refractivity contribution is -0.129. The standard InChI is InChI=1S/C18H26N4O5S.C16H18N4O5S2/c1-3-21-12-14(11-17(23)19-25)28(26,27)16-5-4-13(10-15(16)21)18(24)22-8-6-20(2)7-9-22;1-3-20-9(2)13(15(22)19-23)27(24,25)12-5-4-10(8-11(12)20)14(21)18-16-17-6-7-26-16/h4-5,10,14,25H,3,6-9,11-12H2,1-2H3,(H,19,23);4-9,13,23H,3H2,1-2H3,(H,19,22)(H,17,18,21). The van der Waals surface area contributed by atoms with E-state index in [1.807, 2.05) is 25.8 Å². The van der Waals surface area contributed by atoms with E-state index in [1.165, 1.54) is 46.6 Å². The van der Waals surface area contributed by atoms with Gasteiger partial charge in [-0.1, -0.05) is 0 Å². The number of amides is 4. The summed E-state index contributed by atoms with van der Waals surface area (Å²) in [6.45, 7) is 9.26. The van der Waals surface area contributed by atoms with Crippen LogP contribution in [0.25, 0.3) is 0 Å². The normalized spacial score (nSPS) is 21.3. The predicted molar refractivity (Wildman–Crippen MR) is 203 cm³/mol. The number of benzene rings is 2. The van der Waals surface area contributed by atoms with Crippen LogP contribution in [0.4, 0.5) is 16.5 Å². The Morgan fingerprint density at radius 1 is 0.873 bits per heavy atom. The van der Waals surface area contributed by atoms with Gasteiger partial charge in [0.2, 0.25) is 5.91 Å². The van der Waals surface area contributed by atoms with Crippen LogP contribution in [-0.2, 0) is 29.3 Å². The molecule has 3 aliphatic heterocycles. The Morgan fingerprint density at radius 3 is 2.09 bits per heavy atom. The van der Waals surface area contributed by atoms with Crippen molar-refractivity contribution in [2.75, 3.05) is 68.0 Å². The number of hydrogen-bond donors (Lipinski definition) is 5. The number of nitrogens with zero attached hydrogens (tertiary/aromatic N) is 5. The summed E-state index contributed by atoms with van der Waals surface area (Å²) >= 11 is 1.27. The Balaban J connectivity index is 0.000000211. The zero-order valence-electron chi connectivity index (χ0n) is 30.6. The van der Waals surface area contributed by atoms with Crippen LogP contribution < -0.4 is 26.1 Å². The van der Waals surface area contributed by atoms with Crippen molar-refractivity contribution in [3.05, 3.63) is 59.1 Å². The zero-order valence-corrected chi connectivity index (χ0v) is 33.1. The van der Waals surface area contributed by atoms with Gasteiger partial charge < -0.3 is 19.6 Å². The van der Waals surface area contributed by atoms with Crippen LogP contribution in [0.3, 0.4) is 0 Å². The quantitative estimate of drug-likeness (QED) is 0.159. The number of fused-ring (bicyclic) bond motifs is 2. The molecule has 0 radical (unpaired) electrons. The van der Waals surface area contributed by atoms with Gasteiger partial charge in [0.25, 0.3) is 17.7 Å². The van der Waals surface area contributed by atoms with Gasteiger partial charge in [0.1, 0.15) is 0 Å². The number of carbonyl (C=O) groups excluding carboxylic acids is 4. The van der Waals surface area contributed by atoms with Crippen molar-refractivity contribution in [1.29, 1.82) is 0 Å². The third kappa shape index (κ3) is 8.45. The van der Waals surface area contributed by atoms with Crippen LogP contribution in [0.2, 0.25) is 0 Å². The molecule has 298 valence electrons. The molecule has 55 heavy (non-hydrogen) atoms. The van der Waals surface area contributed by atoms with E-state index in [-0.39, 0.29) is 34.2 Å². The fraction of sp³-hybridized carbons (Fsp3) is 0.441. The topological polar surface area (TPSA) is 239 Å². The number of piperazine rings is 1. The molecule has 2 aromatic carbocycles. The van der Waals surface area contributed by atoms with Gasteiger partial charge in [-0.2, -0.15) is 0 Å². The monoisotopic (exact) mass is 820 g/mol. The van der Waals surface area contributed by atoms with Gasteiger partial charge in [0, 0.05) is 74.9 Å². The van der Waals surface area contributed by atoms with E-state index in [1.54, 1.807) is 40.4 Å². The van der Waals surface area contributed by atoms with Crippen LogP contribution in [-0.4, -0.2) is 135 Å². The Morgan fingerprint density at radius 2 is 1.51 bits per heavy atom. The first-order valence-corrected chi connectivity index (χ1v) is 21.4. The SMILES string of the molecule is CCN1CC(CC(=O)NO)S(=O)(=O)c2ccc(C(=O)N3CCN(C)CC3)cc21.CCN1c2cc(C(=O)Nc3nccs3)ccc2S(=O)(=O)C(C(=O)NO)C1C. The molecule has 3 unspecified atom stereocenters. The summed E-state index contributed by atoms with van der Waals surface area (Å²) in [5.41, 5.74) is 4.50. The summed E-state index contributed by atoms with van der Waals surface area (Å²) < 4.78 is 51.7. The highest BCUT2D eigenvalue weighted by Gasteiger charge is 2.47. The number of hydroxylamine groups is 2. The van der Waals surface area contributed by atoms with Crippen molar-refractivity contribution >= 4 is 71.1 Å². The fourth-order valence-electron chi connectivity index (χ4n) is 6.92. The van der Waals surface area contributed by atoms with Gasteiger partial charge >= 0.3 is 0 Å². The van der Waals surface area contributed by atoms with Gasteiger partial charge in [-0.05, 0) is 64.2 Å². The Labute approximate surface area is 322 Å². The van der Waals surface area contributed by atoms with E-state index < -0.39 is 53.9 Å². The Bertz CT molecular complexity index is 2140. The van der Waals surface area contributed by atoms with Crippen molar-refractivity contribution < 1.29 is 46.4 Å². The van der Waals surface area contributed by atoms with Gasteiger partial charge in [-0.15, -0.1) is 11.3 Å². The lowest BCUT2D eigenvalue weighted by Crippen LogP contribution is -2.55. The summed E-state index contributed by atoms with van der Waals surface area (Å²) in [4.78, 5) is 60.4. The molecule has 3 aromatic rings. The largest absolute Gasteiger partial charge is 0.369 e. The first kappa shape index (κ1) is 41.5. The molecule has 4 amide bonds. The first-order valence-electron chi connectivity index (χ1n) is 17.4. The van der Waals surface area contributed by atoms with Crippen LogP contribution in [0.5, 0.6) is 0 Å². The molecule has 5 N–H and O–H groups in total. The number of nitrogens with one attached hydrogen (secondary N) is 3. The van der Waals surface area contributed by atoms with Crippen molar-refractivity contribution in [2.45, 2.75) is 53.5 Å². The molecule has 0 bridgehead atoms. The molecule has 21 heteroatoms. The average molecular weight is 821 g/mol. The van der Waals surface area contributed by atoms with Crippen molar-refractivity contribution in [3.63, 3.8) is 0 Å². The van der Waals surface area contributed by atoms with Crippen LogP contribution >= 0.6 is 11.3 Å². The van der Waals surface area contributed by atoms with E-state index >= 15 is 0 Å². The summed E-state index contributed by atoms with van der Waals surface area (Å²) in [6, 6.07) is 8.10. The molecule has 18 nitrogen and oxygen atoms in total. The van der Waals surface area contributed by atoms with E-state index in [0.29, 0.717) is 48.2 Å². The highest BCUT2D eigenvalue weighted by molar-refractivity contribution is 7.93. The molecule has 1 saturated heterocycles. The van der Waals surface area contributed by atoms with Crippen LogP contribution in [0.15, 0.2) is 57.8 Å². The lowest BCUT2D eigenvalue weighted by Gasteiger charge is -2.40. The molecule has 0 saturated carbocycles. The third-order valence-corrected chi connectivity index (χ3v) is 15.0. The average Bonchev–Trinajstić information content (AvgIpc) is 3.68. The number of thiazole rings is 1. The van der Waals surface area contributed by atoms with Gasteiger partial charge in [0.15, 0.2) is 30.1 Å². The minimum Gasteiger partial charge on any atom is -0.369 e. The number of carbonyl (C=O) groups is 4. The van der Waals surface area contributed by atoms with Gasteiger partial charge in [-0.3, -0.25) is 34.9 Å². The molecule has 4 heterocycles. The smallest absolute Gasteiger partial charge is 0.264 e. The molecule has 6 rings (SSSR count). The first-order chi connectivity index (χ1) is 26.1. The van der Waals surface area contributed by atoms with Gasteiger partial charge in [0.05, 0.1) is 32.5 Å². The molecule has 1 fully saturated rings. The zero-order chi connectivity index (χ0) is 40.2. The second-order valence-corrected chi connectivity index (χ2v) is 18.3. The van der Waals surface area contributed by atoms with Crippen LogP contribution in [0.1, 0.15) is 47.9 Å². The molecule has 1 aromatic heterocycles. The fourth-order valence-corrected chi connectivity index (χ4v) is 11.3. The summed E-state index contributed by atoms with van der Waals surface area (Å²) in [6.07, 6.45) is 1.24. The maximum absolute atomic E-state index is 12.9. The van der Waals surface area contributed by atoms with E-state index in [4.69, 9.17) is 10.4 Å². The van der Waals surface area contributed by atoms with Gasteiger partial charge in [-0.25, -0.2) is 32.8 Å². The van der Waals surface area contributed by atoms with Crippen LogP contribution in [0, 0.1) is 0 Å². The summed E-state index contributed by atoms with van der Waals surface area (Å²) in [5, 5.41) is 20.1. The van der Waals surface area contributed by atoms with E-state index in [0.717, 1.165) is 13.1 Å². The highest BCUT2D eigenvalue weighted by Crippen LogP contribution is 2.39. The second-order valence-electron chi connectivity index (χ2n) is 13.2. The number of hydrogen-bond acceptors (Lipinski definition) is 15. The van der Waals surface area contributed by atoms with Crippen molar-refractivity contribution in [1.82, 2.24) is 25.7 Å². The molecular formula is C34H44N8O10S3. The molecule has 3 aliphatic rings. The minimum absolute atomic E-state index is 0.0538. The molecule has 0 spiro atoms. The minimum atomic E-state index is -4.03. The third-order valence-electron chi connectivity index (χ3n) is 9.89. The Hall–Kier alpha value is -4.67. The predicted octanol–water partition coefficient (Wildman–Crippen LogP) is 1.22. The van der Waals surface area contributed by atoms with E-state index in [9.17, 15) is 36.0 Å². The number of rotatable bonds is 8. The molecule has 3 atom stereocenters. The summed E-state index contributed by atoms with van der Waals surface area (Å²) in [7, 11) is -5.77. The second kappa shape index (κ2) is 17.0. The lowest BCUT2D eigenvalue weighted by atomic mass is 10.1. The molecule has 0 aliphatic carbocycles. The summed E-state index contributed by atoms with van der Waals surface area (Å²) in [5.74, 6) is -2.25. The highest BCUT2D eigenvalue weighted by atomic mass is 32.2.